The Labute approximate surface area is 200 Å². The molecule has 0 spiro atoms. The van der Waals surface area contributed by atoms with Gasteiger partial charge in [0, 0.05) is 17.4 Å². The van der Waals surface area contributed by atoms with Crippen molar-refractivity contribution in [3.05, 3.63) is 118 Å². The van der Waals surface area contributed by atoms with Gasteiger partial charge < -0.3 is 9.30 Å². The third-order valence-corrected chi connectivity index (χ3v) is 5.20. The van der Waals surface area contributed by atoms with Crippen LogP contribution >= 0.6 is 23.2 Å². The van der Waals surface area contributed by atoms with Crippen LogP contribution in [0.3, 0.4) is 0 Å². The zero-order valence-electron chi connectivity index (χ0n) is 17.1. The van der Waals surface area contributed by atoms with Gasteiger partial charge >= 0.3 is 5.97 Å². The Kier molecular flexibility index (Phi) is 6.88. The maximum absolute atomic E-state index is 12.6. The van der Waals surface area contributed by atoms with Crippen molar-refractivity contribution in [1.82, 2.24) is 9.99 Å². The molecule has 0 aliphatic rings. The fraction of sp³-hybridized carbons (Fsp3) is 0. The van der Waals surface area contributed by atoms with Gasteiger partial charge in [-0.05, 0) is 72.3 Å². The third kappa shape index (κ3) is 5.49. The van der Waals surface area contributed by atoms with Crippen LogP contribution in [0, 0.1) is 0 Å². The first kappa shape index (κ1) is 22.3. The number of rotatable bonds is 6. The molecule has 0 radical (unpaired) electrons. The van der Waals surface area contributed by atoms with Crippen molar-refractivity contribution >= 4 is 41.3 Å². The highest BCUT2D eigenvalue weighted by molar-refractivity contribution is 6.36. The molecule has 0 atom stereocenters. The summed E-state index contributed by atoms with van der Waals surface area (Å²) in [6.45, 7) is 0. The highest BCUT2D eigenvalue weighted by atomic mass is 35.5. The van der Waals surface area contributed by atoms with E-state index in [1.165, 1.54) is 18.3 Å². The molecule has 0 fully saturated rings. The largest absolute Gasteiger partial charge is 0.423 e. The van der Waals surface area contributed by atoms with Gasteiger partial charge in [-0.3, -0.25) is 4.79 Å². The molecule has 0 aliphatic heterocycles. The second kappa shape index (κ2) is 10.2. The van der Waals surface area contributed by atoms with Crippen LogP contribution < -0.4 is 10.2 Å². The minimum Gasteiger partial charge on any atom is -0.423 e. The maximum Gasteiger partial charge on any atom is 0.345 e. The molecule has 1 amide bonds. The number of ether oxygens (including phenoxy) is 1. The molecule has 8 heteroatoms. The molecule has 1 heterocycles. The van der Waals surface area contributed by atoms with Gasteiger partial charge in [-0.25, -0.2) is 10.2 Å². The number of hydrazone groups is 1. The summed E-state index contributed by atoms with van der Waals surface area (Å²) in [5.41, 5.74) is 4.71. The van der Waals surface area contributed by atoms with E-state index in [-0.39, 0.29) is 16.5 Å². The van der Waals surface area contributed by atoms with E-state index in [1.54, 1.807) is 42.5 Å². The van der Waals surface area contributed by atoms with Crippen molar-refractivity contribution in [2.45, 2.75) is 0 Å². The Morgan fingerprint density at radius 2 is 1.61 bits per heavy atom. The maximum atomic E-state index is 12.6. The lowest BCUT2D eigenvalue weighted by Crippen LogP contribution is -2.19. The lowest BCUT2D eigenvalue weighted by molar-refractivity contribution is 0.0734. The summed E-state index contributed by atoms with van der Waals surface area (Å²) in [7, 11) is 0. The topological polar surface area (TPSA) is 72.7 Å². The van der Waals surface area contributed by atoms with Crippen LogP contribution in [-0.4, -0.2) is 22.7 Å². The predicted octanol–water partition coefficient (Wildman–Crippen LogP) is 5.77. The van der Waals surface area contributed by atoms with Gasteiger partial charge in [-0.1, -0.05) is 35.3 Å². The number of hydrogen-bond acceptors (Lipinski definition) is 4. The summed E-state index contributed by atoms with van der Waals surface area (Å²) >= 11 is 11.9. The predicted molar refractivity (Wildman–Crippen MR) is 129 cm³/mol. The zero-order chi connectivity index (χ0) is 23.2. The van der Waals surface area contributed by atoms with Gasteiger partial charge in [0.25, 0.3) is 5.91 Å². The molecule has 4 aromatic rings. The van der Waals surface area contributed by atoms with E-state index in [9.17, 15) is 9.59 Å². The summed E-state index contributed by atoms with van der Waals surface area (Å²) in [5, 5.41) is 4.67. The average Bonchev–Trinajstić information content (AvgIpc) is 3.35. The number of benzene rings is 3. The molecule has 0 saturated heterocycles. The number of carbonyl (C=O) groups is 2. The second-order valence-corrected chi connectivity index (χ2v) is 7.73. The Morgan fingerprint density at radius 3 is 2.33 bits per heavy atom. The Hall–Kier alpha value is -3.87. The van der Waals surface area contributed by atoms with Gasteiger partial charge in [-0.2, -0.15) is 5.10 Å². The molecule has 6 nitrogen and oxygen atoms in total. The zero-order valence-corrected chi connectivity index (χ0v) is 18.6. The first-order valence-corrected chi connectivity index (χ1v) is 10.6. The van der Waals surface area contributed by atoms with Crippen molar-refractivity contribution in [1.29, 1.82) is 0 Å². The minimum absolute atomic E-state index is 0.213. The average molecular weight is 478 g/mol. The number of aromatic nitrogens is 1. The Balaban J connectivity index is 1.38. The van der Waals surface area contributed by atoms with E-state index >= 15 is 0 Å². The van der Waals surface area contributed by atoms with Gasteiger partial charge in [0.1, 0.15) is 5.75 Å². The van der Waals surface area contributed by atoms with Crippen LogP contribution in [0.5, 0.6) is 5.75 Å². The highest BCUT2D eigenvalue weighted by Gasteiger charge is 2.13. The molecule has 0 bridgehead atoms. The molecule has 0 aliphatic carbocycles. The number of hydrogen-bond donors (Lipinski definition) is 1. The molecule has 0 saturated carbocycles. The quantitative estimate of drug-likeness (QED) is 0.166. The van der Waals surface area contributed by atoms with Crippen LogP contribution in [0.2, 0.25) is 10.0 Å². The van der Waals surface area contributed by atoms with Crippen molar-refractivity contribution in [3.8, 4) is 11.4 Å². The molecule has 164 valence electrons. The number of nitrogens with one attached hydrogen (secondary N) is 1. The summed E-state index contributed by atoms with van der Waals surface area (Å²) in [5.74, 6) is -0.583. The van der Waals surface area contributed by atoms with Gasteiger partial charge in [-0.15, -0.1) is 0 Å². The Morgan fingerprint density at radius 1 is 0.879 bits per heavy atom. The van der Waals surface area contributed by atoms with E-state index < -0.39 is 5.97 Å². The van der Waals surface area contributed by atoms with Gasteiger partial charge in [0.05, 0.1) is 28.1 Å². The summed E-state index contributed by atoms with van der Waals surface area (Å²) < 4.78 is 7.20. The first-order chi connectivity index (χ1) is 16.0. The molecule has 4 rings (SSSR count). The van der Waals surface area contributed by atoms with Crippen molar-refractivity contribution in [2.75, 3.05) is 0 Å². The van der Waals surface area contributed by atoms with E-state index in [0.29, 0.717) is 21.9 Å². The van der Waals surface area contributed by atoms with E-state index in [1.807, 2.05) is 41.2 Å². The molecule has 1 N–H and O–H groups in total. The summed E-state index contributed by atoms with van der Waals surface area (Å²) in [6, 6.07) is 22.2. The fourth-order valence-electron chi connectivity index (χ4n) is 3.05. The number of esters is 1. The van der Waals surface area contributed by atoms with E-state index in [0.717, 1.165) is 5.69 Å². The van der Waals surface area contributed by atoms with Crippen molar-refractivity contribution in [2.24, 2.45) is 5.10 Å². The monoisotopic (exact) mass is 477 g/mol. The van der Waals surface area contributed by atoms with E-state index in [2.05, 4.69) is 10.5 Å². The standard InChI is InChI=1S/C25H17Cl2N3O3/c26-18-9-12-20(22(27)15-18)25(32)33-19-10-7-17(8-11-19)16-28-29-24(31)21-5-1-2-6-23(21)30-13-3-4-14-30/h1-16H,(H,29,31)/b28-16+. The van der Waals surface area contributed by atoms with Crippen molar-refractivity contribution in [3.63, 3.8) is 0 Å². The molecular formula is C25H17Cl2N3O3. The molecule has 33 heavy (non-hydrogen) atoms. The smallest absolute Gasteiger partial charge is 0.345 e. The fourth-order valence-corrected chi connectivity index (χ4v) is 3.54. The molecular weight excluding hydrogens is 461 g/mol. The normalized spacial score (nSPS) is 10.8. The lowest BCUT2D eigenvalue weighted by atomic mass is 10.1. The van der Waals surface area contributed by atoms with Crippen molar-refractivity contribution < 1.29 is 14.3 Å². The Bertz CT molecular complexity index is 1320. The van der Waals surface area contributed by atoms with Crippen LogP contribution in [0.1, 0.15) is 26.3 Å². The molecule has 0 unspecified atom stereocenters. The highest BCUT2D eigenvalue weighted by Crippen LogP contribution is 2.23. The number of carbonyl (C=O) groups excluding carboxylic acids is 2. The van der Waals surface area contributed by atoms with Gasteiger partial charge in [0.2, 0.25) is 0 Å². The summed E-state index contributed by atoms with van der Waals surface area (Å²) in [4.78, 5) is 24.9. The lowest BCUT2D eigenvalue weighted by Gasteiger charge is -2.09. The number of amides is 1. The van der Waals surface area contributed by atoms with E-state index in [4.69, 9.17) is 27.9 Å². The first-order valence-electron chi connectivity index (χ1n) is 9.84. The molecule has 1 aromatic heterocycles. The van der Waals surface area contributed by atoms with Gasteiger partial charge in [0.15, 0.2) is 0 Å². The SMILES string of the molecule is O=C(Oc1ccc(/C=N/NC(=O)c2ccccc2-n2cccc2)cc1)c1ccc(Cl)cc1Cl. The number of nitrogens with zero attached hydrogens (tertiary/aromatic N) is 2. The molecule has 3 aromatic carbocycles. The van der Waals surface area contributed by atoms with Crippen LogP contribution in [0.4, 0.5) is 0 Å². The second-order valence-electron chi connectivity index (χ2n) is 6.89. The van der Waals surface area contributed by atoms with Crippen LogP contribution in [-0.2, 0) is 0 Å². The minimum atomic E-state index is -0.591. The summed E-state index contributed by atoms with van der Waals surface area (Å²) in [6.07, 6.45) is 5.23. The number of halogens is 2. The number of para-hydroxylation sites is 1. The third-order valence-electron chi connectivity index (χ3n) is 4.65. The van der Waals surface area contributed by atoms with Crippen LogP contribution in [0.15, 0.2) is 96.4 Å². The van der Waals surface area contributed by atoms with Crippen LogP contribution in [0.25, 0.3) is 5.69 Å².